The molecule has 3 aromatic rings. The molecule has 0 aliphatic heterocycles. The summed E-state index contributed by atoms with van der Waals surface area (Å²) in [6, 6.07) is 9.79. The molecule has 0 bridgehead atoms. The molecule has 0 spiro atoms. The maximum atomic E-state index is 14.1. The number of halogens is 5. The van der Waals surface area contributed by atoms with Gasteiger partial charge < -0.3 is 19.9 Å². The van der Waals surface area contributed by atoms with Gasteiger partial charge in [-0.3, -0.25) is 10.1 Å². The Morgan fingerprint density at radius 3 is 2.66 bits per heavy atom. The van der Waals surface area contributed by atoms with Crippen LogP contribution in [0.1, 0.15) is 18.4 Å². The summed E-state index contributed by atoms with van der Waals surface area (Å²) in [6.07, 6.45) is -2.01. The Hall–Kier alpha value is -3.64. The van der Waals surface area contributed by atoms with Crippen molar-refractivity contribution >= 4 is 29.5 Å². The standard InChI is InChI=1S/C25H25ClF4N4O4/c1-34(22(35)9-8-15-4-3-7-19(28)23(15)26)18(12-25(29,30)14-31)13-37-24(36)32-21-11-20(33-38-21)16-5-2-6-17(27)10-16/h2-7,10-11,18H,8-9,12-14,31H2,1H3,(H,32,36)/t18-/m0/s1. The predicted octanol–water partition coefficient (Wildman–Crippen LogP) is 5.27. The molecule has 1 atom stereocenters. The van der Waals surface area contributed by atoms with Crippen molar-refractivity contribution in [3.8, 4) is 11.3 Å². The van der Waals surface area contributed by atoms with E-state index in [1.54, 1.807) is 12.1 Å². The Bertz CT molecular complexity index is 1270. The second-order valence-corrected chi connectivity index (χ2v) is 8.82. The molecule has 0 fully saturated rings. The Kier molecular flexibility index (Phi) is 9.70. The number of benzene rings is 2. The van der Waals surface area contributed by atoms with Crippen LogP contribution in [0.15, 0.2) is 53.1 Å². The van der Waals surface area contributed by atoms with Crippen molar-refractivity contribution in [1.29, 1.82) is 0 Å². The highest BCUT2D eigenvalue weighted by Gasteiger charge is 2.35. The zero-order valence-electron chi connectivity index (χ0n) is 20.2. The first-order valence-corrected chi connectivity index (χ1v) is 11.8. The third-order valence-corrected chi connectivity index (χ3v) is 6.10. The van der Waals surface area contributed by atoms with Crippen LogP contribution in [0.5, 0.6) is 0 Å². The molecule has 204 valence electrons. The maximum Gasteiger partial charge on any atom is 0.414 e. The summed E-state index contributed by atoms with van der Waals surface area (Å²) in [5, 5.41) is 5.87. The quantitative estimate of drug-likeness (QED) is 0.312. The molecule has 3 rings (SSSR count). The first-order valence-electron chi connectivity index (χ1n) is 11.4. The zero-order valence-corrected chi connectivity index (χ0v) is 21.0. The Balaban J connectivity index is 1.61. The molecule has 0 unspecified atom stereocenters. The summed E-state index contributed by atoms with van der Waals surface area (Å²) >= 11 is 5.91. The van der Waals surface area contributed by atoms with Gasteiger partial charge in [0.05, 0.1) is 17.6 Å². The third-order valence-electron chi connectivity index (χ3n) is 5.68. The summed E-state index contributed by atoms with van der Waals surface area (Å²) in [4.78, 5) is 26.0. The topological polar surface area (TPSA) is 111 Å². The molecule has 0 saturated carbocycles. The molecule has 8 nitrogen and oxygen atoms in total. The van der Waals surface area contributed by atoms with Crippen molar-refractivity contribution in [2.75, 3.05) is 25.5 Å². The molecule has 2 aromatic carbocycles. The lowest BCUT2D eigenvalue weighted by molar-refractivity contribution is -0.134. The Morgan fingerprint density at radius 2 is 1.95 bits per heavy atom. The molecule has 1 aromatic heterocycles. The number of aromatic nitrogens is 1. The van der Waals surface area contributed by atoms with Crippen molar-refractivity contribution in [2.24, 2.45) is 5.73 Å². The van der Waals surface area contributed by atoms with Gasteiger partial charge in [0.2, 0.25) is 11.8 Å². The number of hydrogen-bond acceptors (Lipinski definition) is 6. The number of nitrogens with one attached hydrogen (secondary N) is 1. The third kappa shape index (κ3) is 7.93. The van der Waals surface area contributed by atoms with E-state index < -0.39 is 55.2 Å². The number of rotatable bonds is 11. The maximum absolute atomic E-state index is 14.1. The average molecular weight is 557 g/mol. The number of likely N-dealkylation sites (N-methyl/N-ethyl adjacent to an activating group) is 1. The van der Waals surface area contributed by atoms with Crippen LogP contribution in [0.4, 0.5) is 28.2 Å². The molecule has 2 amide bonds. The van der Waals surface area contributed by atoms with Crippen LogP contribution in [0, 0.1) is 11.6 Å². The van der Waals surface area contributed by atoms with E-state index in [0.717, 1.165) is 4.90 Å². The normalized spacial score (nSPS) is 12.2. The number of amides is 2. The molecular formula is C25H25ClF4N4O4. The number of nitrogens with two attached hydrogens (primary N) is 1. The van der Waals surface area contributed by atoms with Gasteiger partial charge >= 0.3 is 6.09 Å². The minimum absolute atomic E-state index is 0.0697. The van der Waals surface area contributed by atoms with Gasteiger partial charge in [-0.25, -0.2) is 22.4 Å². The van der Waals surface area contributed by atoms with Crippen molar-refractivity contribution in [2.45, 2.75) is 31.2 Å². The van der Waals surface area contributed by atoms with E-state index in [2.05, 4.69) is 10.5 Å². The van der Waals surface area contributed by atoms with Gasteiger partial charge in [0.15, 0.2) is 0 Å². The highest BCUT2D eigenvalue weighted by atomic mass is 35.5. The van der Waals surface area contributed by atoms with E-state index in [9.17, 15) is 27.2 Å². The molecular weight excluding hydrogens is 532 g/mol. The van der Waals surface area contributed by atoms with Gasteiger partial charge in [-0.15, -0.1) is 0 Å². The van der Waals surface area contributed by atoms with Crippen LogP contribution >= 0.6 is 11.6 Å². The number of aryl methyl sites for hydroxylation is 1. The van der Waals surface area contributed by atoms with Gasteiger partial charge in [-0.05, 0) is 30.2 Å². The van der Waals surface area contributed by atoms with Gasteiger partial charge in [-0.1, -0.05) is 41.0 Å². The van der Waals surface area contributed by atoms with E-state index in [-0.39, 0.29) is 29.4 Å². The average Bonchev–Trinajstić information content (AvgIpc) is 3.35. The number of alkyl halides is 2. The van der Waals surface area contributed by atoms with Crippen LogP contribution in [0.3, 0.4) is 0 Å². The summed E-state index contributed by atoms with van der Waals surface area (Å²) in [6.45, 7) is -1.56. The van der Waals surface area contributed by atoms with Crippen LogP contribution < -0.4 is 11.1 Å². The van der Waals surface area contributed by atoms with E-state index in [4.69, 9.17) is 26.6 Å². The number of ether oxygens (including phenoxy) is 1. The lowest BCUT2D eigenvalue weighted by atomic mass is 10.1. The Morgan fingerprint density at radius 1 is 1.21 bits per heavy atom. The number of carbonyl (C=O) groups excluding carboxylic acids is 2. The predicted molar refractivity (Wildman–Crippen MR) is 132 cm³/mol. The number of anilines is 1. The summed E-state index contributed by atoms with van der Waals surface area (Å²) in [7, 11) is 1.29. The van der Waals surface area contributed by atoms with E-state index in [1.807, 2.05) is 0 Å². The van der Waals surface area contributed by atoms with Crippen molar-refractivity contribution in [1.82, 2.24) is 10.1 Å². The minimum atomic E-state index is -3.34. The molecule has 13 heteroatoms. The van der Waals surface area contributed by atoms with E-state index in [0.29, 0.717) is 11.1 Å². The number of carbonyl (C=O) groups is 2. The van der Waals surface area contributed by atoms with Gasteiger partial charge in [0.1, 0.15) is 23.9 Å². The smallest absolute Gasteiger partial charge is 0.414 e. The first kappa shape index (κ1) is 28.9. The lowest BCUT2D eigenvalue weighted by Crippen LogP contribution is -2.46. The first-order chi connectivity index (χ1) is 18.0. The fraction of sp³-hybridized carbons (Fsp3) is 0.320. The summed E-state index contributed by atoms with van der Waals surface area (Å²) in [5.41, 5.74) is 6.18. The highest BCUT2D eigenvalue weighted by Crippen LogP contribution is 2.25. The highest BCUT2D eigenvalue weighted by molar-refractivity contribution is 6.31. The van der Waals surface area contributed by atoms with Crippen LogP contribution in [0.25, 0.3) is 11.3 Å². The monoisotopic (exact) mass is 556 g/mol. The largest absolute Gasteiger partial charge is 0.447 e. The zero-order chi connectivity index (χ0) is 27.9. The second-order valence-electron chi connectivity index (χ2n) is 8.45. The van der Waals surface area contributed by atoms with Crippen LogP contribution in [-0.4, -0.2) is 54.2 Å². The fourth-order valence-electron chi connectivity index (χ4n) is 3.53. The molecule has 0 aliphatic carbocycles. The number of nitrogens with zero attached hydrogens (tertiary/aromatic N) is 2. The molecule has 0 saturated heterocycles. The molecule has 0 aliphatic rings. The number of hydrogen-bond donors (Lipinski definition) is 2. The van der Waals surface area contributed by atoms with Crippen LogP contribution in [-0.2, 0) is 16.0 Å². The van der Waals surface area contributed by atoms with Crippen LogP contribution in [0.2, 0.25) is 5.02 Å². The Labute approximate surface area is 220 Å². The van der Waals surface area contributed by atoms with E-state index in [1.165, 1.54) is 43.4 Å². The second kappa shape index (κ2) is 12.7. The molecule has 3 N–H and O–H groups in total. The van der Waals surface area contributed by atoms with Gasteiger partial charge in [-0.2, -0.15) is 0 Å². The minimum Gasteiger partial charge on any atom is -0.447 e. The SMILES string of the molecule is CN(C(=O)CCc1cccc(F)c1Cl)[C@H](COC(=O)Nc1cc(-c2cccc(F)c2)no1)CC(F)(F)CN. The van der Waals surface area contributed by atoms with E-state index >= 15 is 0 Å². The molecule has 1 heterocycles. The fourth-order valence-corrected chi connectivity index (χ4v) is 3.75. The molecule has 0 radical (unpaired) electrons. The van der Waals surface area contributed by atoms with Gasteiger partial charge in [0, 0.05) is 31.5 Å². The van der Waals surface area contributed by atoms with Crippen molar-refractivity contribution < 1.29 is 36.4 Å². The lowest BCUT2D eigenvalue weighted by Gasteiger charge is -2.30. The van der Waals surface area contributed by atoms with Gasteiger partial charge in [0.25, 0.3) is 5.92 Å². The summed E-state index contributed by atoms with van der Waals surface area (Å²) in [5.74, 6) is -5.15. The van der Waals surface area contributed by atoms with Crippen molar-refractivity contribution in [3.63, 3.8) is 0 Å². The molecule has 38 heavy (non-hydrogen) atoms. The van der Waals surface area contributed by atoms with Crippen molar-refractivity contribution in [3.05, 3.63) is 70.8 Å². The summed E-state index contributed by atoms with van der Waals surface area (Å²) < 4.78 is 65.3.